The average molecular weight is 1260 g/mol. The highest BCUT2D eigenvalue weighted by atomic mass is 32.2. The molecule has 0 saturated heterocycles. The standard InChI is InChI=1S/2C29H36FN5O6SSi/c2*1-39-24-10-8-11-25(40-2)27(24)35-28(22-9-7-12-26(31-22)41-3)32-33-29(35)34(17-18-43(4,5)6)42(37,38)19-23(36)20-13-15-21(30)16-14-20/h2*7-16,23,36H,17-19H2,1-6H3/t2*23-/m10/s1. The number of benzene rings is 4. The molecule has 0 bridgehead atoms. The minimum absolute atomic E-state index is 0.0352. The molecule has 8 rings (SSSR count). The van der Waals surface area contributed by atoms with E-state index in [9.17, 15) is 35.8 Å². The molecule has 460 valence electrons. The van der Waals surface area contributed by atoms with E-state index in [1.165, 1.54) is 109 Å². The van der Waals surface area contributed by atoms with Crippen LogP contribution in [0.5, 0.6) is 34.8 Å². The quantitative estimate of drug-likeness (QED) is 0.0478. The van der Waals surface area contributed by atoms with Crippen LogP contribution in [0.1, 0.15) is 23.3 Å². The van der Waals surface area contributed by atoms with Gasteiger partial charge in [0.25, 0.3) is 0 Å². The van der Waals surface area contributed by atoms with E-state index in [0.29, 0.717) is 69.6 Å². The van der Waals surface area contributed by atoms with Gasteiger partial charge >= 0.3 is 0 Å². The van der Waals surface area contributed by atoms with Gasteiger partial charge in [-0.25, -0.2) is 44.2 Å². The van der Waals surface area contributed by atoms with E-state index in [4.69, 9.17) is 28.4 Å². The summed E-state index contributed by atoms with van der Waals surface area (Å²) in [6.45, 7) is 12.9. The average Bonchev–Trinajstić information content (AvgIpc) is 1.64. The Balaban J connectivity index is 0.000000246. The summed E-state index contributed by atoms with van der Waals surface area (Å²) in [5.41, 5.74) is 1.98. The Morgan fingerprint density at radius 1 is 0.465 bits per heavy atom. The van der Waals surface area contributed by atoms with Crippen molar-refractivity contribution in [3.63, 3.8) is 0 Å². The molecule has 22 nitrogen and oxygen atoms in total. The Morgan fingerprint density at radius 3 is 1.07 bits per heavy atom. The summed E-state index contributed by atoms with van der Waals surface area (Å²) in [7, 11) is -3.13. The van der Waals surface area contributed by atoms with Crippen molar-refractivity contribution < 1.29 is 64.3 Å². The van der Waals surface area contributed by atoms with Crippen molar-refractivity contribution in [1.82, 2.24) is 39.5 Å². The van der Waals surface area contributed by atoms with Crippen LogP contribution in [0.15, 0.2) is 121 Å². The monoisotopic (exact) mass is 1260 g/mol. The van der Waals surface area contributed by atoms with Gasteiger partial charge in [0.1, 0.15) is 57.4 Å². The maximum atomic E-state index is 14.2. The number of nitrogens with zero attached hydrogens (tertiary/aromatic N) is 10. The van der Waals surface area contributed by atoms with Gasteiger partial charge in [-0.1, -0.05) is 87.8 Å². The summed E-state index contributed by atoms with van der Waals surface area (Å²) >= 11 is 0. The number of sulfonamides is 2. The van der Waals surface area contributed by atoms with Crippen LogP contribution in [-0.2, 0) is 20.0 Å². The van der Waals surface area contributed by atoms with E-state index in [1.54, 1.807) is 72.8 Å². The Bertz CT molecular complexity index is 3520. The Labute approximate surface area is 502 Å². The number of pyridine rings is 2. The third-order valence-electron chi connectivity index (χ3n) is 13.4. The Kier molecular flexibility index (Phi) is 21.3. The van der Waals surface area contributed by atoms with E-state index < -0.39 is 71.5 Å². The highest BCUT2D eigenvalue weighted by Gasteiger charge is 2.37. The van der Waals surface area contributed by atoms with E-state index in [-0.39, 0.29) is 47.8 Å². The minimum atomic E-state index is -4.24. The van der Waals surface area contributed by atoms with Gasteiger partial charge in [-0.15, -0.1) is 20.4 Å². The predicted molar refractivity (Wildman–Crippen MR) is 330 cm³/mol. The fourth-order valence-electron chi connectivity index (χ4n) is 8.77. The smallest absolute Gasteiger partial charge is 0.246 e. The van der Waals surface area contributed by atoms with Crippen LogP contribution in [0.3, 0.4) is 0 Å². The first-order chi connectivity index (χ1) is 40.8. The number of rotatable bonds is 26. The number of aliphatic hydroxyl groups excluding tert-OH is 2. The summed E-state index contributed by atoms with van der Waals surface area (Å²) in [5.74, 6) is 0.166. The van der Waals surface area contributed by atoms with Gasteiger partial charge in [0, 0.05) is 41.4 Å². The predicted octanol–water partition coefficient (Wildman–Crippen LogP) is 9.40. The first-order valence-corrected chi connectivity index (χ1v) is 37.6. The molecule has 28 heteroatoms. The van der Waals surface area contributed by atoms with Crippen LogP contribution in [0, 0.1) is 11.6 Å². The largest absolute Gasteiger partial charge is 0.494 e. The Hall–Kier alpha value is -8.03. The lowest BCUT2D eigenvalue weighted by Gasteiger charge is -2.28. The van der Waals surface area contributed by atoms with Crippen LogP contribution in [0.25, 0.3) is 34.4 Å². The fourth-order valence-corrected chi connectivity index (χ4v) is 13.9. The molecule has 0 saturated carbocycles. The molecular formula is C58H72F2N10O12S2Si2. The molecule has 4 heterocycles. The first kappa shape index (κ1) is 65.5. The molecule has 0 unspecified atom stereocenters. The molecule has 4 aromatic heterocycles. The normalized spacial score (nSPS) is 12.6. The number of anilines is 2. The summed E-state index contributed by atoms with van der Waals surface area (Å²) in [5, 5.41) is 39.4. The molecule has 86 heavy (non-hydrogen) atoms. The number of hydrogen-bond acceptors (Lipinski definition) is 18. The molecule has 2 N–H and O–H groups in total. The third kappa shape index (κ3) is 15.9. The second-order valence-corrected chi connectivity index (χ2v) is 37.0. The van der Waals surface area contributed by atoms with E-state index in [2.05, 4.69) is 69.6 Å². The van der Waals surface area contributed by atoms with Gasteiger partial charge in [0.15, 0.2) is 11.6 Å². The number of hydrogen-bond donors (Lipinski definition) is 2. The van der Waals surface area contributed by atoms with Gasteiger partial charge in [0.05, 0.1) is 66.4 Å². The third-order valence-corrected chi connectivity index (χ3v) is 20.3. The van der Waals surface area contributed by atoms with Gasteiger partial charge in [-0.05, 0) is 83.9 Å². The number of aliphatic hydroxyl groups is 2. The van der Waals surface area contributed by atoms with Crippen LogP contribution in [-0.4, -0.2) is 150 Å². The van der Waals surface area contributed by atoms with Crippen molar-refractivity contribution in [1.29, 1.82) is 0 Å². The van der Waals surface area contributed by atoms with Crippen molar-refractivity contribution in [2.75, 3.05) is 75.9 Å². The van der Waals surface area contributed by atoms with Crippen LogP contribution in [0.2, 0.25) is 51.4 Å². The van der Waals surface area contributed by atoms with E-state index in [1.807, 2.05) is 0 Å². The number of para-hydroxylation sites is 2. The van der Waals surface area contributed by atoms with Crippen molar-refractivity contribution >= 4 is 48.1 Å². The van der Waals surface area contributed by atoms with Crippen LogP contribution >= 0.6 is 0 Å². The molecule has 0 radical (unpaired) electrons. The molecule has 8 aromatic rings. The molecule has 2 atom stereocenters. The van der Waals surface area contributed by atoms with Crippen LogP contribution in [0.4, 0.5) is 20.7 Å². The Morgan fingerprint density at radius 2 is 0.779 bits per heavy atom. The SMILES string of the molecule is COc1cccc(-c2nnc(N(CC[Si](C)(C)C)S(=O)(=O)C[C@@H](O)c3ccc(F)cc3)n2-c2c(OC)cccc2OC)n1.COc1cccc(-c2nnc(N(CC[Si](C)(C)C)S(=O)(=O)C[C@H](O)c3ccc(F)cc3)n2-c2c(OC)cccc2OC)n1. The molecular weight excluding hydrogens is 1190 g/mol. The van der Waals surface area contributed by atoms with Gasteiger partial charge in [-0.3, -0.25) is 9.13 Å². The highest BCUT2D eigenvalue weighted by molar-refractivity contribution is 7.93. The van der Waals surface area contributed by atoms with Gasteiger partial charge in [-0.2, -0.15) is 0 Å². The minimum Gasteiger partial charge on any atom is -0.494 e. The van der Waals surface area contributed by atoms with Crippen molar-refractivity contribution in [3.05, 3.63) is 144 Å². The summed E-state index contributed by atoms with van der Waals surface area (Å²) in [4.78, 5) is 9.03. The zero-order valence-electron chi connectivity index (χ0n) is 50.0. The maximum Gasteiger partial charge on any atom is 0.246 e. The zero-order chi connectivity index (χ0) is 62.7. The lowest BCUT2D eigenvalue weighted by Crippen LogP contribution is -2.40. The molecule has 4 aromatic carbocycles. The van der Waals surface area contributed by atoms with Crippen molar-refractivity contribution in [2.24, 2.45) is 0 Å². The summed E-state index contributed by atoms with van der Waals surface area (Å²) in [6.07, 6.45) is -2.84. The lowest BCUT2D eigenvalue weighted by molar-refractivity contribution is 0.201. The lowest BCUT2D eigenvalue weighted by atomic mass is 10.1. The number of methoxy groups -OCH3 is 6. The van der Waals surface area contributed by atoms with Gasteiger partial charge < -0.3 is 38.6 Å². The summed E-state index contributed by atoms with van der Waals surface area (Å²) < 4.78 is 122. The zero-order valence-corrected chi connectivity index (χ0v) is 53.6. The molecule has 0 fully saturated rings. The van der Waals surface area contributed by atoms with Gasteiger partial charge in [0.2, 0.25) is 43.7 Å². The second kappa shape index (κ2) is 28.0. The number of ether oxygens (including phenoxy) is 6. The number of aromatic nitrogens is 8. The first-order valence-electron chi connectivity index (χ1n) is 27.0. The maximum absolute atomic E-state index is 14.2. The highest BCUT2D eigenvalue weighted by Crippen LogP contribution is 2.42. The summed E-state index contributed by atoms with van der Waals surface area (Å²) in [6, 6.07) is 31.9. The van der Waals surface area contributed by atoms with Crippen molar-refractivity contribution in [3.8, 4) is 69.2 Å². The molecule has 0 aliphatic heterocycles. The fraction of sp³-hybridized carbons (Fsp3) is 0.345. The number of halogens is 2. The molecule has 0 aliphatic rings. The molecule has 0 aliphatic carbocycles. The molecule has 0 spiro atoms. The van der Waals surface area contributed by atoms with Crippen LogP contribution < -0.4 is 37.0 Å². The topological polar surface area (TPSA) is 258 Å². The van der Waals surface area contributed by atoms with E-state index in [0.717, 1.165) is 0 Å². The molecule has 0 amide bonds. The van der Waals surface area contributed by atoms with E-state index >= 15 is 0 Å². The second-order valence-electron chi connectivity index (χ2n) is 21.9. The van der Waals surface area contributed by atoms with Crippen molar-refractivity contribution in [2.45, 2.75) is 63.6 Å².